The Morgan fingerprint density at radius 3 is 2.02 bits per heavy atom. The number of halogens is 6. The lowest BCUT2D eigenvalue weighted by Crippen LogP contribution is -2.46. The van der Waals surface area contributed by atoms with Crippen LogP contribution in [0, 0.1) is 17.8 Å². The molecule has 1 atom stereocenters. The minimum atomic E-state index is -5.18. The van der Waals surface area contributed by atoms with Gasteiger partial charge in [0.15, 0.2) is 0 Å². The zero-order valence-corrected chi connectivity index (χ0v) is 30.6. The smallest absolute Gasteiger partial charge is 0.398 e. The highest BCUT2D eigenvalue weighted by molar-refractivity contribution is 6.01. The Kier molecular flexibility index (Phi) is 10.7. The van der Waals surface area contributed by atoms with Crippen LogP contribution in [0.5, 0.6) is 0 Å². The number of nitrogens with two attached hydrogens (primary N) is 1. The van der Waals surface area contributed by atoms with Crippen molar-refractivity contribution in [3.8, 4) is 0 Å². The van der Waals surface area contributed by atoms with E-state index in [2.05, 4.69) is 21.9 Å². The van der Waals surface area contributed by atoms with Crippen molar-refractivity contribution in [2.24, 2.45) is 17.8 Å². The number of imidazole rings is 1. The van der Waals surface area contributed by atoms with Crippen molar-refractivity contribution in [3.05, 3.63) is 69.8 Å². The fraction of sp³-hybridized carbons (Fsp3) is 0.538. The number of pyridine rings is 1. The lowest BCUT2D eigenvalue weighted by atomic mass is 9.78. The number of H-pyrrole nitrogens is 1. The van der Waals surface area contributed by atoms with Crippen LogP contribution in [0.15, 0.2) is 47.4 Å². The Bertz CT molecular complexity index is 2070. The van der Waals surface area contributed by atoms with E-state index in [1.807, 2.05) is 24.3 Å². The average Bonchev–Trinajstić information content (AvgIpc) is 3.50. The summed E-state index contributed by atoms with van der Waals surface area (Å²) < 4.78 is 85.3. The predicted molar refractivity (Wildman–Crippen MR) is 195 cm³/mol. The van der Waals surface area contributed by atoms with E-state index in [-0.39, 0.29) is 30.4 Å². The molecule has 3 saturated heterocycles. The quantitative estimate of drug-likeness (QED) is 0.164. The molecule has 296 valence electrons. The fourth-order valence-electron chi connectivity index (χ4n) is 8.98. The molecular weight excluding hydrogens is 728 g/mol. The third-order valence-electron chi connectivity index (χ3n) is 12.0. The van der Waals surface area contributed by atoms with Crippen LogP contribution >= 0.6 is 0 Å². The van der Waals surface area contributed by atoms with Crippen LogP contribution in [0.3, 0.4) is 0 Å². The first kappa shape index (κ1) is 38.7. The normalized spacial score (nSPS) is 19.4. The Morgan fingerprint density at radius 2 is 1.42 bits per heavy atom. The summed E-state index contributed by atoms with van der Waals surface area (Å²) in [5.41, 5.74) is 2.06. The molecule has 16 heteroatoms. The Labute approximate surface area is 313 Å². The summed E-state index contributed by atoms with van der Waals surface area (Å²) in [6, 6.07) is 8.30. The highest BCUT2D eigenvalue weighted by Crippen LogP contribution is 2.43. The summed E-state index contributed by atoms with van der Waals surface area (Å²) >= 11 is 0. The van der Waals surface area contributed by atoms with E-state index in [9.17, 15) is 40.7 Å². The number of piperidine rings is 3. The zero-order chi connectivity index (χ0) is 39.2. The average molecular weight is 774 g/mol. The second-order valence-corrected chi connectivity index (χ2v) is 15.5. The number of anilines is 1. The molecule has 55 heavy (non-hydrogen) atoms. The molecule has 0 saturated carbocycles. The van der Waals surface area contributed by atoms with Crippen molar-refractivity contribution in [1.82, 2.24) is 29.2 Å². The van der Waals surface area contributed by atoms with Crippen molar-refractivity contribution in [1.29, 1.82) is 0 Å². The van der Waals surface area contributed by atoms with Gasteiger partial charge in [0, 0.05) is 44.0 Å². The molecule has 7 rings (SSSR count). The minimum absolute atomic E-state index is 0.241. The molecule has 10 nitrogen and oxygen atoms in total. The molecule has 5 heterocycles. The second-order valence-electron chi connectivity index (χ2n) is 15.5. The number of hydrogen-bond donors (Lipinski definition) is 2. The van der Waals surface area contributed by atoms with Gasteiger partial charge in [0.05, 0.1) is 45.5 Å². The molecule has 1 unspecified atom stereocenters. The Morgan fingerprint density at radius 1 is 0.855 bits per heavy atom. The minimum Gasteiger partial charge on any atom is -0.398 e. The molecule has 0 bridgehead atoms. The van der Waals surface area contributed by atoms with Crippen molar-refractivity contribution in [2.45, 2.75) is 69.8 Å². The van der Waals surface area contributed by atoms with E-state index in [1.165, 1.54) is 0 Å². The zero-order valence-electron chi connectivity index (χ0n) is 30.6. The summed E-state index contributed by atoms with van der Waals surface area (Å²) in [6.07, 6.45) is -5.17. The first-order chi connectivity index (χ1) is 26.1. The number of para-hydroxylation sites is 1. The maximum Gasteiger partial charge on any atom is 0.418 e. The largest absolute Gasteiger partial charge is 0.418 e. The molecule has 3 N–H and O–H groups in total. The number of carbonyl (C=O) groups excluding carboxylic acids is 2. The maximum atomic E-state index is 14.2. The number of nitrogens with one attached hydrogen (secondary N) is 1. The van der Waals surface area contributed by atoms with E-state index in [4.69, 9.17) is 5.73 Å². The van der Waals surface area contributed by atoms with E-state index in [0.29, 0.717) is 60.9 Å². The van der Waals surface area contributed by atoms with Gasteiger partial charge in [-0.1, -0.05) is 18.2 Å². The van der Waals surface area contributed by atoms with E-state index in [1.54, 1.807) is 20.6 Å². The molecule has 2 amide bonds. The summed E-state index contributed by atoms with van der Waals surface area (Å²) in [5.74, 6) is -1.15. The van der Waals surface area contributed by atoms with Crippen LogP contribution in [0.25, 0.3) is 21.9 Å². The molecule has 3 aliphatic heterocycles. The monoisotopic (exact) mass is 773 g/mol. The second kappa shape index (κ2) is 15.1. The molecule has 2 aromatic heterocycles. The molecular formula is C39H45F6N7O3. The predicted octanol–water partition coefficient (Wildman–Crippen LogP) is 6.49. The Hall–Kier alpha value is -4.60. The molecule has 0 radical (unpaired) electrons. The van der Waals surface area contributed by atoms with Gasteiger partial charge in [-0.15, -0.1) is 0 Å². The van der Waals surface area contributed by atoms with E-state index >= 15 is 0 Å². The third kappa shape index (κ3) is 8.05. The highest BCUT2D eigenvalue weighted by atomic mass is 19.4. The van der Waals surface area contributed by atoms with Gasteiger partial charge >= 0.3 is 18.0 Å². The molecule has 2 aromatic carbocycles. The topological polar surface area (TPSA) is 121 Å². The van der Waals surface area contributed by atoms with Crippen molar-refractivity contribution in [3.63, 3.8) is 0 Å². The number of aromatic amines is 1. The van der Waals surface area contributed by atoms with Crippen molar-refractivity contribution in [2.75, 3.05) is 52.0 Å². The molecule has 4 aromatic rings. The fourth-order valence-corrected chi connectivity index (χ4v) is 8.98. The lowest BCUT2D eigenvalue weighted by molar-refractivity contribution is -0.143. The number of likely N-dealkylation sites (tertiary alicyclic amines) is 3. The number of alkyl halides is 6. The number of carbonyl (C=O) groups is 2. The summed E-state index contributed by atoms with van der Waals surface area (Å²) in [4.78, 5) is 54.1. The maximum absolute atomic E-state index is 14.2. The molecule has 3 fully saturated rings. The lowest BCUT2D eigenvalue weighted by Gasteiger charge is -2.40. The highest BCUT2D eigenvalue weighted by Gasteiger charge is 2.42. The van der Waals surface area contributed by atoms with Crippen LogP contribution < -0.4 is 11.4 Å². The van der Waals surface area contributed by atoms with Gasteiger partial charge in [-0.25, -0.2) is 4.79 Å². The van der Waals surface area contributed by atoms with Gasteiger partial charge in [-0.05, 0) is 101 Å². The number of rotatable bonds is 7. The SMILES string of the molecule is CN1CCC(C2CCN(C(=O)C(CC(=O)N3CCC(n4c(=O)[nH]c5c6ccccc6ncc54)CC3)Cc3cc(C(F)(F)F)c(N)c(C(F)(F)F)c3)CC2)CC1. The summed E-state index contributed by atoms with van der Waals surface area (Å²) in [6.45, 7) is 3.28. The van der Waals surface area contributed by atoms with Gasteiger partial charge in [-0.2, -0.15) is 26.3 Å². The van der Waals surface area contributed by atoms with E-state index < -0.39 is 59.7 Å². The molecule has 0 aliphatic carbocycles. The number of benzene rings is 2. The van der Waals surface area contributed by atoms with Crippen LogP contribution in [-0.4, -0.2) is 87.4 Å². The van der Waals surface area contributed by atoms with Crippen LogP contribution in [0.2, 0.25) is 0 Å². The van der Waals surface area contributed by atoms with Gasteiger partial charge in [0.25, 0.3) is 0 Å². The number of nitrogen functional groups attached to an aromatic ring is 1. The van der Waals surface area contributed by atoms with Gasteiger partial charge < -0.3 is 25.4 Å². The first-order valence-electron chi connectivity index (χ1n) is 18.9. The van der Waals surface area contributed by atoms with Crippen molar-refractivity contribution < 1.29 is 35.9 Å². The summed E-state index contributed by atoms with van der Waals surface area (Å²) in [5, 5.41) is 0.802. The van der Waals surface area contributed by atoms with E-state index in [0.717, 1.165) is 49.7 Å². The number of hydrogen-bond acceptors (Lipinski definition) is 6. The molecule has 0 spiro atoms. The first-order valence-corrected chi connectivity index (χ1v) is 18.9. The number of aromatic nitrogens is 3. The van der Waals surface area contributed by atoms with Crippen LogP contribution in [-0.2, 0) is 28.4 Å². The van der Waals surface area contributed by atoms with Gasteiger partial charge in [0.1, 0.15) is 0 Å². The summed E-state index contributed by atoms with van der Waals surface area (Å²) in [7, 11) is 2.09. The Balaban J connectivity index is 1.09. The van der Waals surface area contributed by atoms with Gasteiger partial charge in [-0.3, -0.25) is 19.1 Å². The van der Waals surface area contributed by atoms with Crippen molar-refractivity contribution >= 4 is 39.4 Å². The number of nitrogens with zero attached hydrogens (tertiary/aromatic N) is 5. The molecule has 3 aliphatic rings. The number of amides is 2. The standard InChI is InChI=1S/C39H45F6N7O3/c1-49-12-6-24(7-13-49)25-8-14-51(15-9-25)36(54)26(18-23-19-29(38(40,41)42)34(46)30(20-23)39(43,44)45)21-33(53)50-16-10-27(11-17-50)52-32-22-47-31-5-3-2-4-28(31)35(32)48-37(52)55/h2-5,19-20,22,24-27H,6-18,21,46H2,1H3,(H,48,55). The number of fused-ring (bicyclic) bond motifs is 3. The van der Waals surface area contributed by atoms with Crippen LogP contribution in [0.4, 0.5) is 32.0 Å². The van der Waals surface area contributed by atoms with Gasteiger partial charge in [0.2, 0.25) is 11.8 Å². The third-order valence-corrected chi connectivity index (χ3v) is 12.0. The van der Waals surface area contributed by atoms with Crippen LogP contribution in [0.1, 0.15) is 67.7 Å².